The van der Waals surface area contributed by atoms with E-state index < -0.39 is 0 Å². The maximum Gasteiger partial charge on any atom is 0.123 e. The zero-order chi connectivity index (χ0) is 13.1. The number of likely N-dealkylation sites (tertiary alicyclic amines) is 1. The van der Waals surface area contributed by atoms with Crippen molar-refractivity contribution < 1.29 is 9.50 Å². The number of nitrogens with zero attached hydrogens (tertiary/aromatic N) is 1. The fourth-order valence-corrected chi connectivity index (χ4v) is 2.73. The molecule has 0 aromatic heterocycles. The van der Waals surface area contributed by atoms with Gasteiger partial charge in [0.2, 0.25) is 0 Å². The largest absolute Gasteiger partial charge is 0.392 e. The zero-order valence-electron chi connectivity index (χ0n) is 11.1. The lowest BCUT2D eigenvalue weighted by molar-refractivity contribution is 0.106. The van der Waals surface area contributed by atoms with Gasteiger partial charge in [-0.1, -0.05) is 19.1 Å². The van der Waals surface area contributed by atoms with Crippen molar-refractivity contribution in [3.05, 3.63) is 35.6 Å². The van der Waals surface area contributed by atoms with Crippen LogP contribution in [-0.4, -0.2) is 35.2 Å². The number of aliphatic hydroxyl groups is 1. The molecule has 3 heteroatoms. The van der Waals surface area contributed by atoms with Gasteiger partial charge < -0.3 is 5.11 Å². The van der Waals surface area contributed by atoms with E-state index in [1.54, 1.807) is 0 Å². The van der Waals surface area contributed by atoms with E-state index in [-0.39, 0.29) is 11.9 Å². The van der Waals surface area contributed by atoms with Crippen LogP contribution in [0.5, 0.6) is 0 Å². The van der Waals surface area contributed by atoms with Crippen molar-refractivity contribution in [3.63, 3.8) is 0 Å². The summed E-state index contributed by atoms with van der Waals surface area (Å²) in [5, 5.41) is 9.74. The minimum Gasteiger partial charge on any atom is -0.392 e. The van der Waals surface area contributed by atoms with Gasteiger partial charge in [-0.3, -0.25) is 4.90 Å². The Morgan fingerprint density at radius 3 is 2.67 bits per heavy atom. The number of benzene rings is 1. The number of rotatable bonds is 4. The van der Waals surface area contributed by atoms with Crippen LogP contribution in [0.2, 0.25) is 0 Å². The van der Waals surface area contributed by atoms with Gasteiger partial charge in [0.15, 0.2) is 0 Å². The molecule has 18 heavy (non-hydrogen) atoms. The van der Waals surface area contributed by atoms with E-state index in [0.29, 0.717) is 12.0 Å². The Morgan fingerprint density at radius 2 is 2.06 bits per heavy atom. The second kappa shape index (κ2) is 5.81. The number of β-amino-alcohol motifs (C(OH)–C–C–N with tert-alkyl or cyclic N) is 1. The minimum atomic E-state index is -0.237. The van der Waals surface area contributed by atoms with Gasteiger partial charge >= 0.3 is 0 Å². The summed E-state index contributed by atoms with van der Waals surface area (Å²) in [6, 6.07) is 7.31. The molecule has 2 rings (SSSR count). The van der Waals surface area contributed by atoms with Crippen LogP contribution in [0.15, 0.2) is 24.3 Å². The Kier molecular flexibility index (Phi) is 4.36. The van der Waals surface area contributed by atoms with E-state index >= 15 is 0 Å². The van der Waals surface area contributed by atoms with Crippen LogP contribution in [0.25, 0.3) is 0 Å². The lowest BCUT2D eigenvalue weighted by atomic mass is 9.97. The highest BCUT2D eigenvalue weighted by molar-refractivity contribution is 5.22. The van der Waals surface area contributed by atoms with Gasteiger partial charge in [0, 0.05) is 19.1 Å². The van der Waals surface area contributed by atoms with E-state index in [9.17, 15) is 9.50 Å². The van der Waals surface area contributed by atoms with Gasteiger partial charge in [-0.25, -0.2) is 4.39 Å². The standard InChI is InChI=1S/C15H22FNO/c1-3-15(18)10-17-9-13(8-11(17)2)12-4-6-14(16)7-5-12/h4-7,11,13,15,18H,3,8-10H2,1-2H3. The van der Waals surface area contributed by atoms with Crippen molar-refractivity contribution in [2.24, 2.45) is 0 Å². The van der Waals surface area contributed by atoms with E-state index in [4.69, 9.17) is 0 Å². The molecule has 1 aromatic rings. The molecule has 0 saturated carbocycles. The van der Waals surface area contributed by atoms with Gasteiger partial charge in [0.05, 0.1) is 6.10 Å². The Hall–Kier alpha value is -0.930. The monoisotopic (exact) mass is 251 g/mol. The van der Waals surface area contributed by atoms with E-state index in [1.807, 2.05) is 19.1 Å². The van der Waals surface area contributed by atoms with E-state index in [1.165, 1.54) is 17.7 Å². The van der Waals surface area contributed by atoms with Crippen LogP contribution in [0, 0.1) is 5.82 Å². The van der Waals surface area contributed by atoms with Crippen molar-refractivity contribution >= 4 is 0 Å². The summed E-state index contributed by atoms with van der Waals surface area (Å²) in [4.78, 5) is 2.34. The van der Waals surface area contributed by atoms with Crippen molar-refractivity contribution in [1.29, 1.82) is 0 Å². The van der Waals surface area contributed by atoms with Crippen LogP contribution < -0.4 is 0 Å². The van der Waals surface area contributed by atoms with Crippen molar-refractivity contribution in [2.45, 2.75) is 44.8 Å². The first-order valence-electron chi connectivity index (χ1n) is 6.77. The minimum absolute atomic E-state index is 0.178. The topological polar surface area (TPSA) is 23.5 Å². The molecular formula is C15H22FNO. The maximum atomic E-state index is 12.9. The van der Waals surface area contributed by atoms with Gasteiger partial charge in [-0.15, -0.1) is 0 Å². The Labute approximate surface area is 108 Å². The van der Waals surface area contributed by atoms with Crippen LogP contribution in [0.4, 0.5) is 4.39 Å². The van der Waals surface area contributed by atoms with Crippen molar-refractivity contribution in [3.8, 4) is 0 Å². The molecule has 1 aliphatic heterocycles. The normalized spacial score (nSPS) is 26.4. The molecule has 1 aromatic carbocycles. The summed E-state index contributed by atoms with van der Waals surface area (Å²) in [5.41, 5.74) is 1.21. The molecule has 0 bridgehead atoms. The third-order valence-electron chi connectivity index (χ3n) is 3.96. The van der Waals surface area contributed by atoms with Crippen molar-refractivity contribution in [2.75, 3.05) is 13.1 Å². The third kappa shape index (κ3) is 3.09. The van der Waals surface area contributed by atoms with E-state index in [0.717, 1.165) is 25.9 Å². The summed E-state index contributed by atoms with van der Waals surface area (Å²) >= 11 is 0. The molecule has 0 aliphatic carbocycles. The fourth-order valence-electron chi connectivity index (χ4n) is 2.73. The highest BCUT2D eigenvalue weighted by atomic mass is 19.1. The number of halogens is 1. The van der Waals surface area contributed by atoms with Crippen LogP contribution in [0.3, 0.4) is 0 Å². The highest BCUT2D eigenvalue weighted by Crippen LogP contribution is 2.31. The number of hydrogen-bond acceptors (Lipinski definition) is 2. The average Bonchev–Trinajstić information content (AvgIpc) is 2.71. The summed E-state index contributed by atoms with van der Waals surface area (Å²) < 4.78 is 12.9. The summed E-state index contributed by atoms with van der Waals surface area (Å²) in [5.74, 6) is 0.285. The first kappa shape index (κ1) is 13.5. The first-order valence-corrected chi connectivity index (χ1v) is 6.77. The lowest BCUT2D eigenvalue weighted by Gasteiger charge is -2.23. The molecule has 2 nitrogen and oxygen atoms in total. The second-order valence-corrected chi connectivity index (χ2v) is 5.35. The molecule has 0 spiro atoms. The number of aliphatic hydroxyl groups excluding tert-OH is 1. The molecule has 1 N–H and O–H groups in total. The van der Waals surface area contributed by atoms with Crippen LogP contribution >= 0.6 is 0 Å². The third-order valence-corrected chi connectivity index (χ3v) is 3.96. The van der Waals surface area contributed by atoms with E-state index in [2.05, 4.69) is 11.8 Å². The summed E-state index contributed by atoms with van der Waals surface area (Å²) in [6.45, 7) is 5.91. The Balaban J connectivity index is 1.99. The molecule has 0 radical (unpaired) electrons. The van der Waals surface area contributed by atoms with Gasteiger partial charge in [-0.05, 0) is 43.4 Å². The molecular weight excluding hydrogens is 229 g/mol. The fraction of sp³-hybridized carbons (Fsp3) is 0.600. The molecule has 1 fully saturated rings. The second-order valence-electron chi connectivity index (χ2n) is 5.35. The average molecular weight is 251 g/mol. The van der Waals surface area contributed by atoms with Gasteiger partial charge in [0.1, 0.15) is 5.82 Å². The van der Waals surface area contributed by atoms with Crippen molar-refractivity contribution in [1.82, 2.24) is 4.90 Å². The molecule has 100 valence electrons. The molecule has 1 heterocycles. The van der Waals surface area contributed by atoms with Gasteiger partial charge in [0.25, 0.3) is 0 Å². The highest BCUT2D eigenvalue weighted by Gasteiger charge is 2.30. The zero-order valence-corrected chi connectivity index (χ0v) is 11.1. The van der Waals surface area contributed by atoms with Crippen LogP contribution in [0.1, 0.15) is 38.2 Å². The predicted molar refractivity (Wildman–Crippen MR) is 71.1 cm³/mol. The predicted octanol–water partition coefficient (Wildman–Crippen LogP) is 2.77. The molecule has 1 saturated heterocycles. The summed E-state index contributed by atoms with van der Waals surface area (Å²) in [7, 11) is 0. The Bertz CT molecular complexity index is 379. The molecule has 1 aliphatic rings. The molecule has 0 amide bonds. The smallest absolute Gasteiger partial charge is 0.123 e. The van der Waals surface area contributed by atoms with Crippen LogP contribution in [-0.2, 0) is 0 Å². The first-order chi connectivity index (χ1) is 8.60. The Morgan fingerprint density at radius 1 is 1.39 bits per heavy atom. The quantitative estimate of drug-likeness (QED) is 0.889. The maximum absolute atomic E-state index is 12.9. The summed E-state index contributed by atoms with van der Waals surface area (Å²) in [6.07, 6.45) is 1.64. The molecule has 3 atom stereocenters. The molecule has 3 unspecified atom stereocenters. The SMILES string of the molecule is CCC(O)CN1CC(c2ccc(F)cc2)CC1C. The number of hydrogen-bond donors (Lipinski definition) is 1. The lowest BCUT2D eigenvalue weighted by Crippen LogP contribution is -2.34. The van der Waals surface area contributed by atoms with Gasteiger partial charge in [-0.2, -0.15) is 0 Å².